The molecule has 120 valence electrons. The number of amides is 2. The zero-order chi connectivity index (χ0) is 16.8. The quantitative estimate of drug-likeness (QED) is 0.466. The summed E-state index contributed by atoms with van der Waals surface area (Å²) in [6.07, 6.45) is 1.20. The highest BCUT2D eigenvalue weighted by molar-refractivity contribution is 7.15. The van der Waals surface area contributed by atoms with Crippen molar-refractivity contribution in [3.8, 4) is 11.5 Å². The first kappa shape index (κ1) is 16.4. The molecule has 0 spiro atoms. The van der Waals surface area contributed by atoms with Gasteiger partial charge in [-0.3, -0.25) is 9.59 Å². The molecule has 1 heterocycles. The number of hydrazone groups is 1. The first-order chi connectivity index (χ1) is 10.9. The lowest BCUT2D eigenvalue weighted by molar-refractivity contribution is -0.120. The van der Waals surface area contributed by atoms with Gasteiger partial charge in [0.15, 0.2) is 0 Å². The van der Waals surface area contributed by atoms with E-state index in [2.05, 4.69) is 26.0 Å². The van der Waals surface area contributed by atoms with Crippen molar-refractivity contribution < 1.29 is 19.8 Å². The van der Waals surface area contributed by atoms with Gasteiger partial charge in [0.1, 0.15) is 16.5 Å². The number of phenols is 2. The highest BCUT2D eigenvalue weighted by Crippen LogP contribution is 2.20. The van der Waals surface area contributed by atoms with E-state index < -0.39 is 5.91 Å². The molecule has 0 bridgehead atoms. The maximum atomic E-state index is 11.7. The van der Waals surface area contributed by atoms with Crippen LogP contribution < -0.4 is 10.7 Å². The Labute approximate surface area is 134 Å². The lowest BCUT2D eigenvalue weighted by Gasteiger charge is -1.99. The Balaban J connectivity index is 1.88. The number of hydrogen-bond acceptors (Lipinski definition) is 8. The number of hydrogen-bond donors (Lipinski definition) is 4. The van der Waals surface area contributed by atoms with Crippen LogP contribution in [0.2, 0.25) is 0 Å². The smallest absolute Gasteiger partial charge is 0.247 e. The van der Waals surface area contributed by atoms with Gasteiger partial charge < -0.3 is 15.5 Å². The molecule has 0 saturated carbocycles. The molecule has 0 saturated heterocycles. The molecule has 2 amide bonds. The van der Waals surface area contributed by atoms with Crippen molar-refractivity contribution in [3.05, 3.63) is 28.8 Å². The minimum absolute atomic E-state index is 0.0455. The Bertz CT molecular complexity index is 759. The van der Waals surface area contributed by atoms with Gasteiger partial charge in [0.2, 0.25) is 16.9 Å². The highest BCUT2D eigenvalue weighted by Gasteiger charge is 2.09. The van der Waals surface area contributed by atoms with E-state index in [0.717, 1.165) is 17.4 Å². The zero-order valence-corrected chi connectivity index (χ0v) is 12.8. The summed E-state index contributed by atoms with van der Waals surface area (Å²) in [5.41, 5.74) is 2.62. The van der Waals surface area contributed by atoms with Crippen molar-refractivity contribution in [3.63, 3.8) is 0 Å². The molecule has 1 aromatic carbocycles. The van der Waals surface area contributed by atoms with Crippen molar-refractivity contribution in [2.24, 2.45) is 5.10 Å². The molecular formula is C13H13N5O4S. The van der Waals surface area contributed by atoms with Crippen LogP contribution in [0.3, 0.4) is 0 Å². The molecule has 2 rings (SSSR count). The lowest BCUT2D eigenvalue weighted by Crippen LogP contribution is -2.19. The molecule has 9 nitrogen and oxygen atoms in total. The largest absolute Gasteiger partial charge is 0.508 e. The molecule has 0 radical (unpaired) electrons. The average molecular weight is 335 g/mol. The van der Waals surface area contributed by atoms with Gasteiger partial charge in [-0.1, -0.05) is 11.3 Å². The number of benzene rings is 1. The number of phenolic OH excluding ortho intramolecular Hbond substituents is 2. The molecule has 0 aliphatic heterocycles. The van der Waals surface area contributed by atoms with Crippen LogP contribution in [-0.4, -0.2) is 38.4 Å². The molecule has 1 aromatic heterocycles. The van der Waals surface area contributed by atoms with Gasteiger partial charge in [-0.25, -0.2) is 5.43 Å². The van der Waals surface area contributed by atoms with E-state index in [9.17, 15) is 14.7 Å². The maximum Gasteiger partial charge on any atom is 0.247 e. The third-order valence-electron chi connectivity index (χ3n) is 2.47. The number of aromatic nitrogens is 2. The van der Waals surface area contributed by atoms with Crippen LogP contribution in [0, 0.1) is 0 Å². The Hall–Kier alpha value is -3.01. The van der Waals surface area contributed by atoms with Crippen molar-refractivity contribution >= 4 is 34.5 Å². The number of nitrogens with zero attached hydrogens (tertiary/aromatic N) is 3. The number of rotatable bonds is 5. The fraction of sp³-hybridized carbons (Fsp3) is 0.154. The standard InChI is InChI=1S/C13H13N5O4S/c1-7(19)15-13-18-17-12(23-13)5-11(22)16-14-6-8-2-3-9(20)4-10(8)21/h2-4,6,20-21H,5H2,1H3,(H,16,22)(H,15,18,19)/b14-6-. The summed E-state index contributed by atoms with van der Waals surface area (Å²) < 4.78 is 0. The number of carbonyl (C=O) groups excluding carboxylic acids is 2. The van der Waals surface area contributed by atoms with Crippen LogP contribution >= 0.6 is 11.3 Å². The Morgan fingerprint density at radius 3 is 2.83 bits per heavy atom. The molecule has 0 unspecified atom stereocenters. The Morgan fingerprint density at radius 2 is 2.13 bits per heavy atom. The summed E-state index contributed by atoms with van der Waals surface area (Å²) in [5, 5.41) is 33.1. The SMILES string of the molecule is CC(=O)Nc1nnc(CC(=O)N/N=C\c2ccc(O)cc2O)s1. The monoisotopic (exact) mass is 335 g/mol. The summed E-state index contributed by atoms with van der Waals surface area (Å²) >= 11 is 1.09. The van der Waals surface area contributed by atoms with E-state index in [1.807, 2.05) is 0 Å². The molecule has 0 atom stereocenters. The zero-order valence-electron chi connectivity index (χ0n) is 12.0. The minimum Gasteiger partial charge on any atom is -0.508 e. The molecule has 23 heavy (non-hydrogen) atoms. The summed E-state index contributed by atoms with van der Waals surface area (Å²) in [6.45, 7) is 1.35. The summed E-state index contributed by atoms with van der Waals surface area (Å²) in [7, 11) is 0. The van der Waals surface area contributed by atoms with Crippen molar-refractivity contribution in [2.45, 2.75) is 13.3 Å². The second kappa shape index (κ2) is 7.31. The number of carbonyl (C=O) groups is 2. The van der Waals surface area contributed by atoms with Gasteiger partial charge in [0, 0.05) is 18.6 Å². The van der Waals surface area contributed by atoms with Crippen LogP contribution in [0.1, 0.15) is 17.5 Å². The Morgan fingerprint density at radius 1 is 1.35 bits per heavy atom. The van der Waals surface area contributed by atoms with E-state index in [4.69, 9.17) is 5.11 Å². The molecule has 10 heteroatoms. The third-order valence-corrected chi connectivity index (χ3v) is 3.31. The molecule has 0 aliphatic carbocycles. The first-order valence-electron chi connectivity index (χ1n) is 6.38. The van der Waals surface area contributed by atoms with Gasteiger partial charge >= 0.3 is 0 Å². The maximum absolute atomic E-state index is 11.7. The van der Waals surface area contributed by atoms with Gasteiger partial charge in [-0.2, -0.15) is 5.10 Å². The second-order valence-corrected chi connectivity index (χ2v) is 5.46. The first-order valence-corrected chi connectivity index (χ1v) is 7.19. The topological polar surface area (TPSA) is 137 Å². The summed E-state index contributed by atoms with van der Waals surface area (Å²) in [4.78, 5) is 22.6. The molecule has 0 fully saturated rings. The third kappa shape index (κ3) is 5.04. The van der Waals surface area contributed by atoms with Gasteiger partial charge in [-0.15, -0.1) is 10.2 Å². The highest BCUT2D eigenvalue weighted by atomic mass is 32.1. The van der Waals surface area contributed by atoms with Crippen LogP contribution in [0.25, 0.3) is 0 Å². The summed E-state index contributed by atoms with van der Waals surface area (Å²) in [5.74, 6) is -0.928. The van der Waals surface area contributed by atoms with Crippen molar-refractivity contribution in [1.82, 2.24) is 15.6 Å². The number of nitrogens with one attached hydrogen (secondary N) is 2. The van der Waals surface area contributed by atoms with E-state index in [1.54, 1.807) is 0 Å². The molecule has 0 aliphatic rings. The van der Waals surface area contributed by atoms with Crippen LogP contribution in [0.15, 0.2) is 23.3 Å². The van der Waals surface area contributed by atoms with E-state index in [1.165, 1.54) is 25.3 Å². The van der Waals surface area contributed by atoms with Gasteiger partial charge in [0.25, 0.3) is 0 Å². The molecular weight excluding hydrogens is 322 g/mol. The average Bonchev–Trinajstić information content (AvgIpc) is 2.87. The predicted octanol–water partition coefficient (Wildman–Crippen LogP) is 0.600. The van der Waals surface area contributed by atoms with Crippen LogP contribution in [0.4, 0.5) is 5.13 Å². The van der Waals surface area contributed by atoms with Crippen molar-refractivity contribution in [1.29, 1.82) is 0 Å². The normalized spacial score (nSPS) is 10.7. The van der Waals surface area contributed by atoms with Gasteiger partial charge in [-0.05, 0) is 12.1 Å². The van der Waals surface area contributed by atoms with Crippen LogP contribution in [-0.2, 0) is 16.0 Å². The Kier molecular flexibility index (Phi) is 5.20. The van der Waals surface area contributed by atoms with Crippen molar-refractivity contribution in [2.75, 3.05) is 5.32 Å². The van der Waals surface area contributed by atoms with E-state index >= 15 is 0 Å². The minimum atomic E-state index is -0.426. The molecule has 4 N–H and O–H groups in total. The molecule has 2 aromatic rings. The fourth-order valence-corrected chi connectivity index (χ4v) is 2.30. The van der Waals surface area contributed by atoms with Gasteiger partial charge in [0.05, 0.1) is 12.6 Å². The number of anilines is 1. The van der Waals surface area contributed by atoms with E-state index in [-0.39, 0.29) is 23.8 Å². The van der Waals surface area contributed by atoms with E-state index in [0.29, 0.717) is 15.7 Å². The predicted molar refractivity (Wildman–Crippen MR) is 83.4 cm³/mol. The lowest BCUT2D eigenvalue weighted by atomic mass is 10.2. The summed E-state index contributed by atoms with van der Waals surface area (Å²) in [6, 6.07) is 3.99. The number of aromatic hydroxyl groups is 2. The van der Waals surface area contributed by atoms with Crippen LogP contribution in [0.5, 0.6) is 11.5 Å². The second-order valence-electron chi connectivity index (χ2n) is 4.40. The fourth-order valence-electron chi connectivity index (χ4n) is 1.52.